The van der Waals surface area contributed by atoms with Gasteiger partial charge in [-0.2, -0.15) is 0 Å². The minimum Gasteiger partial charge on any atom is -0.472 e. The molecule has 0 saturated carbocycles. The van der Waals surface area contributed by atoms with Crippen LogP contribution in [0.1, 0.15) is 23.2 Å². The van der Waals surface area contributed by atoms with Gasteiger partial charge >= 0.3 is 0 Å². The van der Waals surface area contributed by atoms with E-state index < -0.39 is 0 Å². The van der Waals surface area contributed by atoms with Crippen LogP contribution in [0.2, 0.25) is 0 Å². The third-order valence-corrected chi connectivity index (χ3v) is 5.43. The van der Waals surface area contributed by atoms with Crippen LogP contribution in [0.25, 0.3) is 0 Å². The highest BCUT2D eigenvalue weighted by atomic mass is 16.5. The highest BCUT2D eigenvalue weighted by molar-refractivity contribution is 5.97. The third kappa shape index (κ3) is 4.25. The number of benzene rings is 2. The first-order chi connectivity index (χ1) is 13.3. The molecule has 1 saturated heterocycles. The lowest BCUT2D eigenvalue weighted by Crippen LogP contribution is -2.46. The Hall–Kier alpha value is -2.53. The van der Waals surface area contributed by atoms with Crippen molar-refractivity contribution in [3.63, 3.8) is 0 Å². The fourth-order valence-corrected chi connectivity index (χ4v) is 3.82. The van der Waals surface area contributed by atoms with Gasteiger partial charge in [0.1, 0.15) is 5.75 Å². The van der Waals surface area contributed by atoms with E-state index in [9.17, 15) is 4.79 Å². The standard InChI is InChI=1S/C22H27N3O2/c26-22-20-10-4-5-11-21(20)27-18-25(22)13-7-6-12-23-14-16-24(17-15-23)19-8-2-1-3-9-19/h1-5,8-11H,6-7,12-18H2. The van der Waals surface area contributed by atoms with Crippen LogP contribution in [0.5, 0.6) is 5.75 Å². The summed E-state index contributed by atoms with van der Waals surface area (Å²) in [7, 11) is 0. The van der Waals surface area contributed by atoms with E-state index in [1.54, 1.807) is 0 Å². The maximum Gasteiger partial charge on any atom is 0.260 e. The maximum absolute atomic E-state index is 12.5. The first-order valence-corrected chi connectivity index (χ1v) is 9.85. The van der Waals surface area contributed by atoms with Gasteiger partial charge in [-0.1, -0.05) is 30.3 Å². The van der Waals surface area contributed by atoms with Crippen molar-refractivity contribution in [1.29, 1.82) is 0 Å². The van der Waals surface area contributed by atoms with Crippen LogP contribution in [0.15, 0.2) is 54.6 Å². The zero-order valence-electron chi connectivity index (χ0n) is 15.7. The summed E-state index contributed by atoms with van der Waals surface area (Å²) in [6.07, 6.45) is 2.12. The van der Waals surface area contributed by atoms with E-state index in [1.807, 2.05) is 29.2 Å². The number of hydrogen-bond donors (Lipinski definition) is 0. The zero-order valence-corrected chi connectivity index (χ0v) is 15.7. The number of nitrogens with zero attached hydrogens (tertiary/aromatic N) is 3. The SMILES string of the molecule is O=C1c2ccccc2OCN1CCCCN1CCN(c2ccccc2)CC1. The number of carbonyl (C=O) groups is 1. The normalized spacial score (nSPS) is 17.6. The van der Waals surface area contributed by atoms with Crippen LogP contribution in [-0.4, -0.2) is 61.7 Å². The molecule has 0 aromatic heterocycles. The van der Waals surface area contributed by atoms with Gasteiger partial charge in [-0.15, -0.1) is 0 Å². The van der Waals surface area contributed by atoms with Crippen molar-refractivity contribution in [2.24, 2.45) is 0 Å². The Labute approximate surface area is 161 Å². The Morgan fingerprint density at radius 2 is 1.52 bits per heavy atom. The van der Waals surface area contributed by atoms with Crippen molar-refractivity contribution in [3.05, 3.63) is 60.2 Å². The van der Waals surface area contributed by atoms with E-state index in [2.05, 4.69) is 40.1 Å². The van der Waals surface area contributed by atoms with E-state index in [-0.39, 0.29) is 5.91 Å². The molecule has 0 bridgehead atoms. The van der Waals surface area contributed by atoms with Crippen LogP contribution in [0, 0.1) is 0 Å². The first-order valence-electron chi connectivity index (χ1n) is 9.85. The summed E-state index contributed by atoms with van der Waals surface area (Å²) in [5.74, 6) is 0.795. The van der Waals surface area contributed by atoms with Crippen LogP contribution in [0.3, 0.4) is 0 Å². The molecule has 27 heavy (non-hydrogen) atoms. The summed E-state index contributed by atoms with van der Waals surface area (Å²) < 4.78 is 5.70. The van der Waals surface area contributed by atoms with Gasteiger partial charge < -0.3 is 14.5 Å². The minimum absolute atomic E-state index is 0.0910. The monoisotopic (exact) mass is 365 g/mol. The first kappa shape index (κ1) is 17.9. The van der Waals surface area contributed by atoms with E-state index in [0.717, 1.165) is 52.1 Å². The van der Waals surface area contributed by atoms with Gasteiger partial charge in [0.2, 0.25) is 0 Å². The zero-order chi connectivity index (χ0) is 18.5. The molecule has 0 unspecified atom stereocenters. The number of ether oxygens (including phenoxy) is 1. The molecule has 0 atom stereocenters. The molecule has 5 nitrogen and oxygen atoms in total. The van der Waals surface area contributed by atoms with Gasteiger partial charge in [-0.3, -0.25) is 9.69 Å². The largest absolute Gasteiger partial charge is 0.472 e. The maximum atomic E-state index is 12.5. The van der Waals surface area contributed by atoms with Gasteiger partial charge in [-0.05, 0) is 43.7 Å². The number of anilines is 1. The number of hydrogen-bond acceptors (Lipinski definition) is 4. The number of piperazine rings is 1. The number of carbonyl (C=O) groups excluding carboxylic acids is 1. The average molecular weight is 365 g/mol. The summed E-state index contributed by atoms with van der Waals surface area (Å²) in [4.78, 5) is 19.3. The predicted molar refractivity (Wildman–Crippen MR) is 107 cm³/mol. The molecule has 0 aliphatic carbocycles. The molecule has 0 radical (unpaired) electrons. The van der Waals surface area contributed by atoms with Crippen LogP contribution < -0.4 is 9.64 Å². The second kappa shape index (κ2) is 8.44. The third-order valence-electron chi connectivity index (χ3n) is 5.43. The summed E-state index contributed by atoms with van der Waals surface area (Å²) in [6.45, 7) is 6.60. The fourth-order valence-electron chi connectivity index (χ4n) is 3.82. The summed E-state index contributed by atoms with van der Waals surface area (Å²) in [6, 6.07) is 18.1. The second-order valence-electron chi connectivity index (χ2n) is 7.21. The lowest BCUT2D eigenvalue weighted by Gasteiger charge is -2.36. The summed E-state index contributed by atoms with van der Waals surface area (Å²) in [5, 5.41) is 0. The second-order valence-corrected chi connectivity index (χ2v) is 7.21. The van der Waals surface area contributed by atoms with Gasteiger partial charge in [0.25, 0.3) is 5.91 Å². The van der Waals surface area contributed by atoms with E-state index in [1.165, 1.54) is 5.69 Å². The molecule has 2 aliphatic rings. The highest BCUT2D eigenvalue weighted by Crippen LogP contribution is 2.24. The molecule has 2 aromatic rings. The van der Waals surface area contributed by atoms with E-state index >= 15 is 0 Å². The number of unbranched alkanes of at least 4 members (excludes halogenated alkanes) is 1. The summed E-state index contributed by atoms with van der Waals surface area (Å²) in [5.41, 5.74) is 2.00. The quantitative estimate of drug-likeness (QED) is 0.737. The Kier molecular flexibility index (Phi) is 5.58. The molecule has 2 aromatic carbocycles. The van der Waals surface area contributed by atoms with Crippen LogP contribution in [-0.2, 0) is 0 Å². The molecule has 1 fully saturated rings. The van der Waals surface area contributed by atoms with E-state index in [0.29, 0.717) is 18.0 Å². The van der Waals surface area contributed by atoms with Crippen molar-refractivity contribution in [3.8, 4) is 5.75 Å². The molecule has 2 aliphatic heterocycles. The van der Waals surface area contributed by atoms with E-state index in [4.69, 9.17) is 4.74 Å². The van der Waals surface area contributed by atoms with Crippen LogP contribution in [0.4, 0.5) is 5.69 Å². The molecule has 0 spiro atoms. The van der Waals surface area contributed by atoms with Gasteiger partial charge in [0.05, 0.1) is 5.56 Å². The number of fused-ring (bicyclic) bond motifs is 1. The van der Waals surface area contributed by atoms with Gasteiger partial charge in [0.15, 0.2) is 6.73 Å². The Morgan fingerprint density at radius 3 is 2.33 bits per heavy atom. The molecule has 0 N–H and O–H groups in total. The molecule has 142 valence electrons. The highest BCUT2D eigenvalue weighted by Gasteiger charge is 2.24. The predicted octanol–water partition coefficient (Wildman–Crippen LogP) is 3.08. The van der Waals surface area contributed by atoms with Crippen LogP contribution >= 0.6 is 0 Å². The number of para-hydroxylation sites is 2. The molecule has 5 heteroatoms. The fraction of sp³-hybridized carbons (Fsp3) is 0.409. The van der Waals surface area contributed by atoms with Crippen molar-refractivity contribution in [2.75, 3.05) is 50.9 Å². The van der Waals surface area contributed by atoms with Crippen molar-refractivity contribution < 1.29 is 9.53 Å². The molecular formula is C22H27N3O2. The topological polar surface area (TPSA) is 36.0 Å². The minimum atomic E-state index is 0.0910. The number of amides is 1. The lowest BCUT2D eigenvalue weighted by molar-refractivity contribution is 0.0514. The Bertz CT molecular complexity index is 757. The smallest absolute Gasteiger partial charge is 0.260 e. The average Bonchev–Trinajstić information content (AvgIpc) is 2.74. The lowest BCUT2D eigenvalue weighted by atomic mass is 10.1. The van der Waals surface area contributed by atoms with Gasteiger partial charge in [-0.25, -0.2) is 0 Å². The summed E-state index contributed by atoms with van der Waals surface area (Å²) >= 11 is 0. The van der Waals surface area contributed by atoms with Crippen molar-refractivity contribution in [1.82, 2.24) is 9.80 Å². The van der Waals surface area contributed by atoms with Crippen molar-refractivity contribution >= 4 is 11.6 Å². The van der Waals surface area contributed by atoms with Crippen molar-refractivity contribution in [2.45, 2.75) is 12.8 Å². The van der Waals surface area contributed by atoms with Gasteiger partial charge in [0, 0.05) is 38.4 Å². The molecule has 2 heterocycles. The molecular weight excluding hydrogens is 338 g/mol. The molecule has 1 amide bonds. The number of rotatable bonds is 6. The Balaban J connectivity index is 1.17. The molecule has 4 rings (SSSR count). The Morgan fingerprint density at radius 1 is 0.815 bits per heavy atom.